The maximum atomic E-state index is 13.0. The van der Waals surface area contributed by atoms with Crippen LogP contribution in [0.5, 0.6) is 0 Å². The number of amides is 1. The number of carbonyl (C=O) groups excluding carboxylic acids is 1. The monoisotopic (exact) mass is 411 g/mol. The minimum absolute atomic E-state index is 0.0200. The maximum Gasteiger partial charge on any atom is 0.268 e. The number of nitrogens with one attached hydrogen (secondary N) is 1. The number of hydrogen-bond donors (Lipinski definition) is 2. The second-order valence-corrected chi connectivity index (χ2v) is 11.5. The Hall–Kier alpha value is -1.38. The zero-order valence-electron chi connectivity index (χ0n) is 17.4. The van der Waals surface area contributed by atoms with Gasteiger partial charge in [-0.15, -0.1) is 0 Å². The number of rotatable bonds is 5. The summed E-state index contributed by atoms with van der Waals surface area (Å²) in [5.41, 5.74) is -0.371. The molecule has 0 spiro atoms. The van der Waals surface area contributed by atoms with Crippen LogP contribution in [0.1, 0.15) is 63.4 Å². The molecule has 28 heavy (non-hydrogen) atoms. The summed E-state index contributed by atoms with van der Waals surface area (Å²) >= 11 is 0. The molecule has 1 aromatic heterocycles. The van der Waals surface area contributed by atoms with Gasteiger partial charge in [0, 0.05) is 26.3 Å². The van der Waals surface area contributed by atoms with Crippen LogP contribution in [0.4, 0.5) is 0 Å². The third-order valence-corrected chi connectivity index (χ3v) is 7.92. The molecule has 0 bridgehead atoms. The van der Waals surface area contributed by atoms with E-state index in [1.807, 2.05) is 0 Å². The molecule has 158 valence electrons. The topological polar surface area (TPSA) is 91.6 Å². The van der Waals surface area contributed by atoms with Gasteiger partial charge in [0.15, 0.2) is 0 Å². The van der Waals surface area contributed by atoms with Crippen molar-refractivity contribution in [3.05, 3.63) is 18.0 Å². The van der Waals surface area contributed by atoms with E-state index in [1.54, 1.807) is 11.6 Å². The van der Waals surface area contributed by atoms with Crippen molar-refractivity contribution in [2.45, 2.75) is 63.3 Å². The fourth-order valence-corrected chi connectivity index (χ4v) is 6.87. The summed E-state index contributed by atoms with van der Waals surface area (Å²) in [6.45, 7) is 7.38. The molecule has 1 aromatic rings. The number of hydrogen-bond acceptors (Lipinski definition) is 4. The lowest BCUT2D eigenvalue weighted by molar-refractivity contribution is 0.0331. The number of nitrogens with zero attached hydrogens (tertiary/aromatic N) is 2. The van der Waals surface area contributed by atoms with Crippen molar-refractivity contribution in [3.63, 3.8) is 0 Å². The summed E-state index contributed by atoms with van der Waals surface area (Å²) in [7, 11) is -1.89. The van der Waals surface area contributed by atoms with Crippen LogP contribution in [-0.4, -0.2) is 53.5 Å². The molecule has 2 fully saturated rings. The van der Waals surface area contributed by atoms with Crippen LogP contribution in [0, 0.1) is 11.3 Å². The van der Waals surface area contributed by atoms with Gasteiger partial charge < -0.3 is 15.0 Å². The van der Waals surface area contributed by atoms with Gasteiger partial charge in [0.05, 0.1) is 12.1 Å². The molecule has 2 N–H and O–H groups in total. The predicted molar refractivity (Wildman–Crippen MR) is 107 cm³/mol. The molecule has 1 amide bonds. The first-order valence-electron chi connectivity index (χ1n) is 10.1. The van der Waals surface area contributed by atoms with E-state index in [0.29, 0.717) is 37.5 Å². The number of aliphatic hydroxyl groups excluding tert-OH is 1. The molecule has 1 saturated carbocycles. The van der Waals surface area contributed by atoms with Gasteiger partial charge in [0.2, 0.25) is 10.0 Å². The third kappa shape index (κ3) is 4.14. The summed E-state index contributed by atoms with van der Waals surface area (Å²) in [6, 6.07) is 1.45. The van der Waals surface area contributed by atoms with Crippen LogP contribution in [-0.2, 0) is 17.1 Å². The molecule has 1 aliphatic carbocycles. The molecule has 0 unspecified atom stereocenters. The van der Waals surface area contributed by atoms with Crippen molar-refractivity contribution < 1.29 is 18.3 Å². The van der Waals surface area contributed by atoms with E-state index >= 15 is 0 Å². The van der Waals surface area contributed by atoms with Crippen LogP contribution >= 0.6 is 0 Å². The van der Waals surface area contributed by atoms with Gasteiger partial charge in [-0.25, -0.2) is 8.42 Å². The van der Waals surface area contributed by atoms with Crippen molar-refractivity contribution in [3.8, 4) is 0 Å². The van der Waals surface area contributed by atoms with Crippen molar-refractivity contribution in [2.75, 3.05) is 19.7 Å². The van der Waals surface area contributed by atoms with Crippen LogP contribution in [0.15, 0.2) is 17.2 Å². The molecular formula is C20H33N3O4S. The SMILES string of the molecule is C[C@@H]1CC(C)(C)C[C@@](CO)(NC(=O)c2cc(S(=O)(=O)N3CCCC3)cn2C)C1. The number of sulfonamides is 1. The standard InChI is InChI=1S/C20H33N3O4S/c1-15-10-19(2,3)13-20(11-15,14-24)21-18(25)17-9-16(12-22(17)4)28(26,27)23-7-5-6-8-23/h9,12,15,24H,5-8,10-11,13-14H2,1-4H3,(H,21,25)/t15-,20+/m1/s1. The summed E-state index contributed by atoms with van der Waals surface area (Å²) in [5, 5.41) is 13.2. The van der Waals surface area contributed by atoms with Crippen LogP contribution in [0.2, 0.25) is 0 Å². The molecule has 2 heterocycles. The Bertz CT molecular complexity index is 840. The first-order valence-corrected chi connectivity index (χ1v) is 11.5. The number of aromatic nitrogens is 1. The highest BCUT2D eigenvalue weighted by Gasteiger charge is 2.44. The van der Waals surface area contributed by atoms with Gasteiger partial charge in [-0.05, 0) is 49.5 Å². The van der Waals surface area contributed by atoms with Crippen LogP contribution in [0.3, 0.4) is 0 Å². The second-order valence-electron chi connectivity index (χ2n) is 9.53. The summed E-state index contributed by atoms with van der Waals surface area (Å²) in [5.74, 6) is 0.0417. The Labute approximate surface area is 168 Å². The molecule has 2 aliphatic rings. The van der Waals surface area contributed by atoms with Crippen molar-refractivity contribution >= 4 is 15.9 Å². The van der Waals surface area contributed by atoms with Gasteiger partial charge in [-0.2, -0.15) is 4.31 Å². The van der Waals surface area contributed by atoms with E-state index < -0.39 is 15.6 Å². The molecule has 0 radical (unpaired) electrons. The van der Waals surface area contributed by atoms with Gasteiger partial charge in [0.25, 0.3) is 5.91 Å². The molecular weight excluding hydrogens is 378 g/mol. The molecule has 3 rings (SSSR count). The number of carbonyl (C=O) groups is 1. The molecule has 0 aromatic carbocycles. The Kier molecular flexibility index (Phi) is 5.68. The molecule has 1 saturated heterocycles. The molecule has 1 aliphatic heterocycles. The second kappa shape index (κ2) is 7.46. The van der Waals surface area contributed by atoms with Gasteiger partial charge >= 0.3 is 0 Å². The third-order valence-electron chi connectivity index (χ3n) is 6.05. The fourth-order valence-electron chi connectivity index (χ4n) is 5.28. The van der Waals surface area contributed by atoms with Crippen molar-refractivity contribution in [1.82, 2.24) is 14.2 Å². The maximum absolute atomic E-state index is 13.0. The normalized spacial score (nSPS) is 28.4. The van der Waals surface area contributed by atoms with Gasteiger partial charge in [0.1, 0.15) is 10.6 Å². The summed E-state index contributed by atoms with van der Waals surface area (Å²) in [4.78, 5) is 13.2. The zero-order chi connectivity index (χ0) is 20.7. The van der Waals surface area contributed by atoms with E-state index in [-0.39, 0.29) is 22.8 Å². The van der Waals surface area contributed by atoms with E-state index in [0.717, 1.165) is 19.3 Å². The summed E-state index contributed by atoms with van der Waals surface area (Å²) in [6.07, 6.45) is 5.69. The van der Waals surface area contributed by atoms with E-state index in [9.17, 15) is 18.3 Å². The largest absolute Gasteiger partial charge is 0.394 e. The van der Waals surface area contributed by atoms with E-state index in [2.05, 4.69) is 26.1 Å². The quantitative estimate of drug-likeness (QED) is 0.776. The Balaban J connectivity index is 1.84. The van der Waals surface area contributed by atoms with Crippen LogP contribution in [0.25, 0.3) is 0 Å². The van der Waals surface area contributed by atoms with Crippen molar-refractivity contribution in [2.24, 2.45) is 18.4 Å². The molecule has 8 heteroatoms. The van der Waals surface area contributed by atoms with Gasteiger partial charge in [-0.3, -0.25) is 4.79 Å². The summed E-state index contributed by atoms with van der Waals surface area (Å²) < 4.78 is 28.6. The number of aryl methyl sites for hydroxylation is 1. The highest BCUT2D eigenvalue weighted by molar-refractivity contribution is 7.89. The lowest BCUT2D eigenvalue weighted by Crippen LogP contribution is -2.57. The Morgan fingerprint density at radius 3 is 2.50 bits per heavy atom. The highest BCUT2D eigenvalue weighted by atomic mass is 32.2. The Morgan fingerprint density at radius 2 is 1.93 bits per heavy atom. The van der Waals surface area contributed by atoms with E-state index in [4.69, 9.17) is 0 Å². The average Bonchev–Trinajstić information content (AvgIpc) is 3.22. The lowest BCUT2D eigenvalue weighted by atomic mass is 9.64. The van der Waals surface area contributed by atoms with E-state index in [1.165, 1.54) is 16.6 Å². The van der Waals surface area contributed by atoms with Crippen LogP contribution < -0.4 is 5.32 Å². The first kappa shape index (κ1) is 21.3. The predicted octanol–water partition coefficient (Wildman–Crippen LogP) is 2.12. The average molecular weight is 412 g/mol. The smallest absolute Gasteiger partial charge is 0.268 e. The minimum Gasteiger partial charge on any atom is -0.394 e. The van der Waals surface area contributed by atoms with Gasteiger partial charge in [-0.1, -0.05) is 20.8 Å². The Morgan fingerprint density at radius 1 is 1.29 bits per heavy atom. The zero-order valence-corrected chi connectivity index (χ0v) is 18.2. The number of aliphatic hydroxyl groups is 1. The minimum atomic E-state index is -3.57. The first-order chi connectivity index (χ1) is 13.0. The lowest BCUT2D eigenvalue weighted by Gasteiger charge is -2.47. The molecule has 2 atom stereocenters. The fraction of sp³-hybridized carbons (Fsp3) is 0.750. The van der Waals surface area contributed by atoms with Crippen molar-refractivity contribution in [1.29, 1.82) is 0 Å². The molecule has 7 nitrogen and oxygen atoms in total. The highest BCUT2D eigenvalue weighted by Crippen LogP contribution is 2.43.